The first kappa shape index (κ1) is 17.3. The van der Waals surface area contributed by atoms with Crippen LogP contribution in [0.4, 0.5) is 0 Å². The molecule has 0 rings (SSSR count). The van der Waals surface area contributed by atoms with Gasteiger partial charge in [-0.25, -0.2) is 13.1 Å². The monoisotopic (exact) mass is 296 g/mol. The first-order valence-corrected chi connectivity index (χ1v) is 7.74. The minimum absolute atomic E-state index is 0.0459. The number of nitrogens with one attached hydrogen (secondary N) is 1. The van der Waals surface area contributed by atoms with Crippen LogP contribution >= 0.6 is 12.2 Å². The molecule has 0 aliphatic rings. The van der Waals surface area contributed by atoms with Crippen LogP contribution in [-0.2, 0) is 19.6 Å². The fraction of sp³-hybridized carbons (Fsp3) is 0.800. The Morgan fingerprint density at radius 2 is 2.06 bits per heavy atom. The van der Waals surface area contributed by atoms with E-state index in [0.717, 1.165) is 0 Å². The number of hydrogen-bond donors (Lipinski definition) is 2. The molecule has 8 heteroatoms. The summed E-state index contributed by atoms with van der Waals surface area (Å²) in [7, 11) is -3.55. The van der Waals surface area contributed by atoms with E-state index >= 15 is 0 Å². The molecule has 1 unspecified atom stereocenters. The summed E-state index contributed by atoms with van der Waals surface area (Å²) in [6.45, 7) is 3.90. The zero-order valence-electron chi connectivity index (χ0n) is 10.6. The van der Waals surface area contributed by atoms with Gasteiger partial charge in [0.25, 0.3) is 0 Å². The van der Waals surface area contributed by atoms with E-state index < -0.39 is 15.3 Å². The van der Waals surface area contributed by atoms with Crippen LogP contribution in [-0.4, -0.2) is 37.8 Å². The summed E-state index contributed by atoms with van der Waals surface area (Å²) in [5, 5.41) is -0.866. The minimum atomic E-state index is -3.55. The third-order valence-electron chi connectivity index (χ3n) is 2.23. The van der Waals surface area contributed by atoms with Gasteiger partial charge in [0, 0.05) is 13.0 Å². The molecular weight excluding hydrogens is 276 g/mol. The van der Waals surface area contributed by atoms with Crippen molar-refractivity contribution < 1.29 is 17.9 Å². The number of sulfonamides is 1. The highest BCUT2D eigenvalue weighted by molar-refractivity contribution is 7.93. The van der Waals surface area contributed by atoms with Crippen LogP contribution in [0, 0.1) is 0 Å². The van der Waals surface area contributed by atoms with Crippen molar-refractivity contribution in [3.63, 3.8) is 0 Å². The molecule has 0 radical (unpaired) electrons. The fourth-order valence-electron chi connectivity index (χ4n) is 1.35. The predicted molar refractivity (Wildman–Crippen MR) is 73.7 cm³/mol. The lowest BCUT2D eigenvalue weighted by Gasteiger charge is -2.14. The molecular formula is C10H20N2O4S2. The quantitative estimate of drug-likeness (QED) is 0.361. The van der Waals surface area contributed by atoms with Gasteiger partial charge in [-0.2, -0.15) is 0 Å². The molecule has 3 N–H and O–H groups in total. The highest BCUT2D eigenvalue weighted by Gasteiger charge is 2.25. The SMILES string of the molecule is CCOC(=O)CCCNS(=O)(=O)C(CC)C(N)=S. The summed E-state index contributed by atoms with van der Waals surface area (Å²) >= 11 is 4.70. The van der Waals surface area contributed by atoms with Crippen molar-refractivity contribution in [3.05, 3.63) is 0 Å². The molecule has 0 fully saturated rings. The van der Waals surface area contributed by atoms with Crippen molar-refractivity contribution >= 4 is 33.2 Å². The molecule has 1 atom stereocenters. The Labute approximate surface area is 113 Å². The van der Waals surface area contributed by atoms with Gasteiger partial charge in [-0.15, -0.1) is 0 Å². The number of hydrogen-bond acceptors (Lipinski definition) is 5. The third kappa shape index (κ3) is 6.27. The zero-order valence-corrected chi connectivity index (χ0v) is 12.3. The van der Waals surface area contributed by atoms with Crippen LogP contribution < -0.4 is 10.5 Å². The van der Waals surface area contributed by atoms with Gasteiger partial charge in [0.1, 0.15) is 5.25 Å². The van der Waals surface area contributed by atoms with E-state index in [1.54, 1.807) is 13.8 Å². The lowest BCUT2D eigenvalue weighted by molar-refractivity contribution is -0.143. The van der Waals surface area contributed by atoms with Crippen LogP contribution in [0.15, 0.2) is 0 Å². The van der Waals surface area contributed by atoms with Gasteiger partial charge in [0.2, 0.25) is 10.0 Å². The summed E-state index contributed by atoms with van der Waals surface area (Å²) in [6.07, 6.45) is 0.884. The highest BCUT2D eigenvalue weighted by atomic mass is 32.2. The summed E-state index contributed by atoms with van der Waals surface area (Å²) in [5.74, 6) is -0.335. The van der Waals surface area contributed by atoms with Gasteiger partial charge in [0.15, 0.2) is 0 Å². The maximum atomic E-state index is 11.8. The molecule has 0 saturated heterocycles. The zero-order chi connectivity index (χ0) is 14.2. The van der Waals surface area contributed by atoms with Crippen molar-refractivity contribution in [2.45, 2.75) is 38.4 Å². The van der Waals surface area contributed by atoms with Gasteiger partial charge in [-0.3, -0.25) is 4.79 Å². The first-order valence-electron chi connectivity index (χ1n) is 5.78. The molecule has 0 amide bonds. The van der Waals surface area contributed by atoms with Gasteiger partial charge in [-0.1, -0.05) is 19.1 Å². The van der Waals surface area contributed by atoms with Crippen molar-refractivity contribution in [1.82, 2.24) is 4.72 Å². The second-order valence-corrected chi connectivity index (χ2v) is 6.07. The average Bonchev–Trinajstić information content (AvgIpc) is 2.24. The largest absolute Gasteiger partial charge is 0.466 e. The van der Waals surface area contributed by atoms with Crippen LogP contribution in [0.2, 0.25) is 0 Å². The van der Waals surface area contributed by atoms with Gasteiger partial charge in [-0.05, 0) is 19.8 Å². The van der Waals surface area contributed by atoms with E-state index in [4.69, 9.17) is 22.7 Å². The molecule has 0 spiro atoms. The molecule has 0 heterocycles. The van der Waals surface area contributed by atoms with Crippen LogP contribution in [0.3, 0.4) is 0 Å². The standard InChI is InChI=1S/C10H20N2O4S2/c1-3-8(10(11)17)18(14,15)12-7-5-6-9(13)16-4-2/h8,12H,3-7H2,1-2H3,(H2,11,17). The number of thiocarbonyl (C=S) groups is 1. The molecule has 0 aromatic heterocycles. The van der Waals surface area contributed by atoms with Crippen LogP contribution in [0.25, 0.3) is 0 Å². The normalized spacial score (nSPS) is 13.0. The third-order valence-corrected chi connectivity index (χ3v) is 4.61. The van der Waals surface area contributed by atoms with Crippen molar-refractivity contribution in [1.29, 1.82) is 0 Å². The minimum Gasteiger partial charge on any atom is -0.466 e. The second kappa shape index (κ2) is 8.39. The molecule has 6 nitrogen and oxygen atoms in total. The molecule has 0 aliphatic carbocycles. The topological polar surface area (TPSA) is 98.5 Å². The van der Waals surface area contributed by atoms with E-state index in [-0.39, 0.29) is 23.9 Å². The number of carbonyl (C=O) groups excluding carboxylic acids is 1. The Hall–Kier alpha value is -0.730. The molecule has 0 saturated carbocycles. The maximum Gasteiger partial charge on any atom is 0.305 e. The van der Waals surface area contributed by atoms with Gasteiger partial charge in [0.05, 0.1) is 11.6 Å². The number of nitrogens with two attached hydrogens (primary N) is 1. The Morgan fingerprint density at radius 3 is 2.50 bits per heavy atom. The Bertz CT molecular complexity index is 381. The van der Waals surface area contributed by atoms with E-state index in [1.165, 1.54) is 0 Å². The summed E-state index contributed by atoms with van der Waals surface area (Å²) in [4.78, 5) is 11.0. The average molecular weight is 296 g/mol. The lowest BCUT2D eigenvalue weighted by Crippen LogP contribution is -2.42. The maximum absolute atomic E-state index is 11.8. The summed E-state index contributed by atoms with van der Waals surface area (Å²) in [6, 6.07) is 0. The lowest BCUT2D eigenvalue weighted by atomic mass is 10.3. The fourth-order valence-corrected chi connectivity index (χ4v) is 3.28. The van der Waals surface area contributed by atoms with Crippen molar-refractivity contribution in [2.75, 3.05) is 13.2 Å². The Morgan fingerprint density at radius 1 is 1.44 bits per heavy atom. The Kier molecular flexibility index (Phi) is 8.05. The van der Waals surface area contributed by atoms with E-state index in [2.05, 4.69) is 4.72 Å². The van der Waals surface area contributed by atoms with Crippen molar-refractivity contribution in [3.8, 4) is 0 Å². The molecule has 0 aromatic carbocycles. The van der Waals surface area contributed by atoms with Crippen molar-refractivity contribution in [2.24, 2.45) is 5.73 Å². The highest BCUT2D eigenvalue weighted by Crippen LogP contribution is 2.05. The number of esters is 1. The van der Waals surface area contributed by atoms with E-state index in [0.29, 0.717) is 19.4 Å². The molecule has 0 aromatic rings. The smallest absolute Gasteiger partial charge is 0.305 e. The first-order chi connectivity index (χ1) is 8.35. The Balaban J connectivity index is 4.12. The second-order valence-electron chi connectivity index (χ2n) is 3.65. The summed E-state index contributed by atoms with van der Waals surface area (Å²) in [5.41, 5.74) is 5.36. The van der Waals surface area contributed by atoms with E-state index in [1.807, 2.05) is 0 Å². The van der Waals surface area contributed by atoms with Gasteiger partial charge < -0.3 is 10.5 Å². The van der Waals surface area contributed by atoms with E-state index in [9.17, 15) is 13.2 Å². The van der Waals surface area contributed by atoms with Crippen LogP contribution in [0.1, 0.15) is 33.1 Å². The number of carbonyl (C=O) groups is 1. The number of ether oxygens (including phenoxy) is 1. The molecule has 106 valence electrons. The summed E-state index contributed by atoms with van der Waals surface area (Å²) < 4.78 is 30.7. The van der Waals surface area contributed by atoms with Crippen LogP contribution in [0.5, 0.6) is 0 Å². The predicted octanol–water partition coefficient (Wildman–Crippen LogP) is 0.314. The molecule has 18 heavy (non-hydrogen) atoms. The van der Waals surface area contributed by atoms with Gasteiger partial charge >= 0.3 is 5.97 Å². The molecule has 0 aliphatic heterocycles. The number of rotatable bonds is 9. The molecule has 0 bridgehead atoms.